The number of esters is 1. The summed E-state index contributed by atoms with van der Waals surface area (Å²) in [6, 6.07) is 30.5. The molecule has 0 amide bonds. The van der Waals surface area contributed by atoms with Gasteiger partial charge in [0.15, 0.2) is 0 Å². The predicted molar refractivity (Wildman–Crippen MR) is 132 cm³/mol. The lowest BCUT2D eigenvalue weighted by atomic mass is 10.1. The van der Waals surface area contributed by atoms with E-state index in [4.69, 9.17) is 13.8 Å². The Morgan fingerprint density at radius 2 is 1.21 bits per heavy atom. The van der Waals surface area contributed by atoms with E-state index < -0.39 is 14.2 Å². The number of allylic oxidation sites excluding steroid dienone is 1. The highest BCUT2D eigenvalue weighted by Gasteiger charge is 2.36. The molecule has 7 heteroatoms. The number of rotatable bonds is 12. The summed E-state index contributed by atoms with van der Waals surface area (Å²) in [6.45, 7) is 2.46. The first-order valence-corrected chi connectivity index (χ1v) is 12.0. The lowest BCUT2D eigenvalue weighted by molar-refractivity contribution is -0.138. The molecule has 0 bridgehead atoms. The summed E-state index contributed by atoms with van der Waals surface area (Å²) in [5.41, 5.74) is 3.19. The lowest BCUT2D eigenvalue weighted by Crippen LogP contribution is -2.41. The minimum Gasteiger partial charge on any atom is -0.460 e. The second-order valence-electron chi connectivity index (χ2n) is 7.15. The smallest absolute Gasteiger partial charge is 0.330 e. The molecule has 0 saturated heterocycles. The molecule has 3 aromatic rings. The molecule has 0 aromatic heterocycles. The molecule has 33 heavy (non-hydrogen) atoms. The average molecular weight is 466 g/mol. The van der Waals surface area contributed by atoms with Crippen molar-refractivity contribution >= 4 is 31.3 Å². The molecule has 0 aliphatic heterocycles. The zero-order valence-corrected chi connectivity index (χ0v) is 19.6. The SMILES string of the molecule is CC=CC(=O)OCCO[PH](=O)OCC[N+](c1ccccc1)(c1ccccc1)c1ccccc1. The van der Waals surface area contributed by atoms with Crippen molar-refractivity contribution in [2.45, 2.75) is 6.92 Å². The van der Waals surface area contributed by atoms with E-state index in [1.165, 1.54) is 6.08 Å². The quantitative estimate of drug-likeness (QED) is 0.105. The summed E-state index contributed by atoms with van der Waals surface area (Å²) in [7, 11) is -2.74. The Labute approximate surface area is 195 Å². The Bertz CT molecular complexity index is 945. The number of quaternary nitrogens is 1. The first-order chi connectivity index (χ1) is 16.2. The van der Waals surface area contributed by atoms with Crippen LogP contribution in [0, 0.1) is 0 Å². The normalized spacial score (nSPS) is 12.5. The van der Waals surface area contributed by atoms with Crippen molar-refractivity contribution in [3.63, 3.8) is 0 Å². The Morgan fingerprint density at radius 3 is 1.67 bits per heavy atom. The molecule has 0 heterocycles. The Balaban J connectivity index is 1.75. The average Bonchev–Trinajstić information content (AvgIpc) is 2.86. The maximum Gasteiger partial charge on any atom is 0.330 e. The van der Waals surface area contributed by atoms with Crippen LogP contribution in [0.25, 0.3) is 0 Å². The Hall–Kier alpha value is -3.02. The highest BCUT2D eigenvalue weighted by Crippen LogP contribution is 2.43. The molecular formula is C26H29NO5P+. The highest BCUT2D eigenvalue weighted by molar-refractivity contribution is 7.33. The van der Waals surface area contributed by atoms with Gasteiger partial charge in [-0.2, -0.15) is 0 Å². The molecule has 0 aliphatic rings. The third-order valence-corrected chi connectivity index (χ3v) is 5.97. The summed E-state index contributed by atoms with van der Waals surface area (Å²) in [5, 5.41) is 0. The van der Waals surface area contributed by atoms with E-state index in [2.05, 4.69) is 36.4 Å². The molecular weight excluding hydrogens is 437 g/mol. The van der Waals surface area contributed by atoms with Crippen molar-refractivity contribution in [3.8, 4) is 0 Å². The number of carbonyl (C=O) groups is 1. The van der Waals surface area contributed by atoms with Gasteiger partial charge >= 0.3 is 14.2 Å². The molecule has 3 aromatic carbocycles. The molecule has 0 N–H and O–H groups in total. The first-order valence-electron chi connectivity index (χ1n) is 10.8. The molecule has 0 saturated carbocycles. The van der Waals surface area contributed by atoms with Gasteiger partial charge in [-0.3, -0.25) is 4.57 Å². The molecule has 172 valence electrons. The van der Waals surface area contributed by atoms with Gasteiger partial charge in [0.05, 0.1) is 6.61 Å². The summed E-state index contributed by atoms with van der Waals surface area (Å²) in [4.78, 5) is 11.3. The van der Waals surface area contributed by atoms with Crippen LogP contribution in [0.5, 0.6) is 0 Å². The van der Waals surface area contributed by atoms with E-state index in [1.807, 2.05) is 54.6 Å². The van der Waals surface area contributed by atoms with Gasteiger partial charge in [0.1, 0.15) is 36.8 Å². The second-order valence-corrected chi connectivity index (χ2v) is 8.23. The summed E-state index contributed by atoms with van der Waals surface area (Å²) in [6.07, 6.45) is 2.90. The van der Waals surface area contributed by atoms with Crippen LogP contribution in [0.15, 0.2) is 103 Å². The van der Waals surface area contributed by atoms with Gasteiger partial charge in [-0.25, -0.2) is 9.28 Å². The van der Waals surface area contributed by atoms with Crippen molar-refractivity contribution in [2.24, 2.45) is 0 Å². The zero-order chi connectivity index (χ0) is 23.4. The maximum absolute atomic E-state index is 12.3. The van der Waals surface area contributed by atoms with Crippen LogP contribution in [0.3, 0.4) is 0 Å². The van der Waals surface area contributed by atoms with Gasteiger partial charge in [-0.05, 0) is 43.3 Å². The van der Waals surface area contributed by atoms with Crippen LogP contribution < -0.4 is 4.48 Å². The second kappa shape index (κ2) is 12.9. The fourth-order valence-electron chi connectivity index (χ4n) is 3.64. The highest BCUT2D eigenvalue weighted by atomic mass is 31.1. The Morgan fingerprint density at radius 1 is 0.758 bits per heavy atom. The van der Waals surface area contributed by atoms with Crippen molar-refractivity contribution in [1.82, 2.24) is 4.48 Å². The van der Waals surface area contributed by atoms with Crippen LogP contribution in [0.2, 0.25) is 0 Å². The van der Waals surface area contributed by atoms with Gasteiger partial charge < -0.3 is 13.8 Å². The largest absolute Gasteiger partial charge is 0.460 e. The van der Waals surface area contributed by atoms with E-state index in [-0.39, 0.29) is 19.8 Å². The third kappa shape index (κ3) is 6.73. The van der Waals surface area contributed by atoms with E-state index >= 15 is 0 Å². The topological polar surface area (TPSA) is 61.8 Å². The van der Waals surface area contributed by atoms with Crippen LogP contribution in [0.4, 0.5) is 17.1 Å². The standard InChI is InChI=1S/C26H29NO5P/c1-2-12-26(28)30-21-22-32-33(29)31-20-19-27(23-13-6-3-7-14-23,24-15-8-4-9-16-24)25-17-10-5-11-18-25/h2-18,33H,19-22H2,1H3/q+1. The van der Waals surface area contributed by atoms with Crippen molar-refractivity contribution in [2.75, 3.05) is 26.4 Å². The number of benzene rings is 3. The fourth-order valence-corrected chi connectivity index (χ4v) is 4.23. The molecule has 3 rings (SSSR count). The number of para-hydroxylation sites is 3. The lowest BCUT2D eigenvalue weighted by Gasteiger charge is -2.37. The molecule has 1 unspecified atom stereocenters. The van der Waals surface area contributed by atoms with Crippen molar-refractivity contribution in [3.05, 3.63) is 103 Å². The third-order valence-electron chi connectivity index (χ3n) is 5.09. The van der Waals surface area contributed by atoms with Crippen molar-refractivity contribution in [1.29, 1.82) is 0 Å². The number of hydrogen-bond acceptors (Lipinski definition) is 5. The van der Waals surface area contributed by atoms with Gasteiger partial charge in [-0.1, -0.05) is 60.7 Å². The number of nitrogens with zero attached hydrogens (tertiary/aromatic N) is 1. The van der Waals surface area contributed by atoms with E-state index in [1.54, 1.807) is 13.0 Å². The van der Waals surface area contributed by atoms with Gasteiger partial charge in [0.2, 0.25) is 0 Å². The van der Waals surface area contributed by atoms with Crippen LogP contribution >= 0.6 is 8.25 Å². The van der Waals surface area contributed by atoms with E-state index in [0.717, 1.165) is 17.1 Å². The number of ether oxygens (including phenoxy) is 1. The monoisotopic (exact) mass is 466 g/mol. The predicted octanol–water partition coefficient (Wildman–Crippen LogP) is 6.20. The van der Waals surface area contributed by atoms with E-state index in [0.29, 0.717) is 11.0 Å². The van der Waals surface area contributed by atoms with Gasteiger partial charge in [0.25, 0.3) is 0 Å². The molecule has 0 radical (unpaired) electrons. The summed E-state index contributed by atoms with van der Waals surface area (Å²) in [5.74, 6) is -0.461. The number of carbonyl (C=O) groups excluding carboxylic acids is 1. The van der Waals surface area contributed by atoms with Crippen molar-refractivity contribution < 1.29 is 23.1 Å². The molecule has 1 atom stereocenters. The maximum atomic E-state index is 12.3. The molecule has 6 nitrogen and oxygen atoms in total. The Kier molecular flexibility index (Phi) is 9.60. The van der Waals surface area contributed by atoms with Crippen LogP contribution in [-0.4, -0.2) is 32.3 Å². The first kappa shape index (κ1) is 24.6. The van der Waals surface area contributed by atoms with Gasteiger partial charge in [-0.15, -0.1) is 0 Å². The van der Waals surface area contributed by atoms with Gasteiger partial charge in [0, 0.05) is 6.08 Å². The zero-order valence-electron chi connectivity index (χ0n) is 18.6. The summed E-state index contributed by atoms with van der Waals surface area (Å²) >= 11 is 0. The number of hydrogen-bond donors (Lipinski definition) is 0. The molecule has 0 spiro atoms. The van der Waals surface area contributed by atoms with Crippen LogP contribution in [0.1, 0.15) is 6.92 Å². The van der Waals surface area contributed by atoms with Crippen LogP contribution in [-0.2, 0) is 23.1 Å². The minimum atomic E-state index is -2.74. The fraction of sp³-hybridized carbons (Fsp3) is 0.192. The summed E-state index contributed by atoms with van der Waals surface area (Å²) < 4.78 is 28.4. The minimum absolute atomic E-state index is 0.0111. The van der Waals surface area contributed by atoms with E-state index in [9.17, 15) is 9.36 Å². The molecule has 0 aliphatic carbocycles. The molecule has 0 fully saturated rings.